The average Bonchev–Trinajstić information content (AvgIpc) is 3.08. The summed E-state index contributed by atoms with van der Waals surface area (Å²) < 4.78 is 12.3. The molecular formula is C19H20N4O3. The number of anilines is 1. The Bertz CT molecular complexity index is 903. The summed E-state index contributed by atoms with van der Waals surface area (Å²) in [7, 11) is 3.14. The Hall–Kier alpha value is -3.35. The maximum absolute atomic E-state index is 12.3. The number of rotatable bonds is 6. The molecule has 1 N–H and O–H groups in total. The number of ether oxygens (including phenoxy) is 2. The van der Waals surface area contributed by atoms with Crippen molar-refractivity contribution >= 4 is 11.6 Å². The lowest BCUT2D eigenvalue weighted by molar-refractivity contribution is -0.115. The van der Waals surface area contributed by atoms with Crippen molar-refractivity contribution in [2.24, 2.45) is 0 Å². The van der Waals surface area contributed by atoms with Crippen molar-refractivity contribution in [1.29, 1.82) is 0 Å². The van der Waals surface area contributed by atoms with Gasteiger partial charge in [-0.1, -0.05) is 6.07 Å². The number of amides is 1. The van der Waals surface area contributed by atoms with Crippen LogP contribution in [0, 0.1) is 6.92 Å². The molecule has 0 saturated carbocycles. The molecular weight excluding hydrogens is 332 g/mol. The quantitative estimate of drug-likeness (QED) is 0.738. The lowest BCUT2D eigenvalue weighted by Crippen LogP contribution is -2.14. The molecule has 1 amide bonds. The monoisotopic (exact) mass is 352 g/mol. The number of nitrogens with zero attached hydrogens (tertiary/aromatic N) is 3. The van der Waals surface area contributed by atoms with Crippen molar-refractivity contribution in [3.63, 3.8) is 0 Å². The summed E-state index contributed by atoms with van der Waals surface area (Å²) in [5.74, 6) is 2.69. The van der Waals surface area contributed by atoms with Gasteiger partial charge in [0.1, 0.15) is 11.6 Å². The molecule has 0 spiro atoms. The lowest BCUT2D eigenvalue weighted by Gasteiger charge is -2.10. The number of aromatic nitrogens is 3. The van der Waals surface area contributed by atoms with Gasteiger partial charge in [0.15, 0.2) is 11.5 Å². The zero-order valence-electron chi connectivity index (χ0n) is 14.9. The summed E-state index contributed by atoms with van der Waals surface area (Å²) in [4.78, 5) is 20.8. The molecule has 3 aromatic rings. The Labute approximate surface area is 151 Å². The van der Waals surface area contributed by atoms with Crippen LogP contribution in [0.15, 0.2) is 48.9 Å². The first-order chi connectivity index (χ1) is 12.6. The Balaban J connectivity index is 1.66. The topological polar surface area (TPSA) is 78.3 Å². The van der Waals surface area contributed by atoms with Crippen molar-refractivity contribution < 1.29 is 14.3 Å². The van der Waals surface area contributed by atoms with Gasteiger partial charge in [-0.3, -0.25) is 9.36 Å². The van der Waals surface area contributed by atoms with Crippen LogP contribution in [0.5, 0.6) is 11.5 Å². The molecule has 26 heavy (non-hydrogen) atoms. The standard InChI is InChI=1S/C19H20N4O3/c1-13-20-8-9-23(13)18-7-5-15(12-21-18)22-19(24)11-14-4-6-16(25-2)17(10-14)26-3/h4-10,12H,11H2,1-3H3,(H,22,24). The highest BCUT2D eigenvalue weighted by atomic mass is 16.5. The minimum atomic E-state index is -0.134. The lowest BCUT2D eigenvalue weighted by atomic mass is 10.1. The van der Waals surface area contributed by atoms with E-state index in [-0.39, 0.29) is 12.3 Å². The summed E-state index contributed by atoms with van der Waals surface area (Å²) in [5, 5.41) is 2.85. The van der Waals surface area contributed by atoms with Crippen molar-refractivity contribution in [2.45, 2.75) is 13.3 Å². The van der Waals surface area contributed by atoms with Crippen LogP contribution < -0.4 is 14.8 Å². The van der Waals surface area contributed by atoms with Gasteiger partial charge in [-0.15, -0.1) is 0 Å². The van der Waals surface area contributed by atoms with Crippen LogP contribution in [0.3, 0.4) is 0 Å². The van der Waals surface area contributed by atoms with Crippen molar-refractivity contribution in [3.8, 4) is 17.3 Å². The normalized spacial score (nSPS) is 10.4. The largest absolute Gasteiger partial charge is 0.493 e. The first-order valence-electron chi connectivity index (χ1n) is 8.08. The molecule has 1 aromatic carbocycles. The number of hydrogen-bond acceptors (Lipinski definition) is 5. The molecule has 0 bridgehead atoms. The second-order valence-electron chi connectivity index (χ2n) is 5.66. The van der Waals surface area contributed by atoms with Gasteiger partial charge in [-0.25, -0.2) is 9.97 Å². The van der Waals surface area contributed by atoms with Crippen molar-refractivity contribution in [2.75, 3.05) is 19.5 Å². The van der Waals surface area contributed by atoms with E-state index >= 15 is 0 Å². The first-order valence-corrected chi connectivity index (χ1v) is 8.08. The van der Waals surface area contributed by atoms with Crippen LogP contribution in [-0.2, 0) is 11.2 Å². The zero-order valence-corrected chi connectivity index (χ0v) is 14.9. The smallest absolute Gasteiger partial charge is 0.228 e. The molecule has 7 heteroatoms. The third kappa shape index (κ3) is 3.83. The predicted octanol–water partition coefficient (Wildman–Crippen LogP) is 2.77. The van der Waals surface area contributed by atoms with Gasteiger partial charge in [0.25, 0.3) is 0 Å². The highest BCUT2D eigenvalue weighted by molar-refractivity contribution is 5.92. The van der Waals surface area contributed by atoms with E-state index in [0.717, 1.165) is 17.2 Å². The third-order valence-electron chi connectivity index (χ3n) is 3.92. The van der Waals surface area contributed by atoms with Gasteiger partial charge in [-0.05, 0) is 36.8 Å². The number of hydrogen-bond donors (Lipinski definition) is 1. The summed E-state index contributed by atoms with van der Waals surface area (Å²) in [6, 6.07) is 9.06. The Morgan fingerprint density at radius 3 is 2.54 bits per heavy atom. The van der Waals surface area contributed by atoms with E-state index in [1.807, 2.05) is 35.9 Å². The molecule has 134 valence electrons. The van der Waals surface area contributed by atoms with Gasteiger partial charge in [0.2, 0.25) is 5.91 Å². The SMILES string of the molecule is COc1ccc(CC(=O)Nc2ccc(-n3ccnc3C)nc2)cc1OC. The Kier molecular flexibility index (Phi) is 5.17. The van der Waals surface area contributed by atoms with Crippen LogP contribution in [-0.4, -0.2) is 34.7 Å². The molecule has 0 aliphatic carbocycles. The maximum Gasteiger partial charge on any atom is 0.228 e. The van der Waals surface area contributed by atoms with E-state index in [9.17, 15) is 4.79 Å². The van der Waals surface area contributed by atoms with Crippen molar-refractivity contribution in [3.05, 3.63) is 60.3 Å². The Morgan fingerprint density at radius 2 is 1.92 bits per heavy atom. The van der Waals surface area contributed by atoms with Crippen LogP contribution in [0.2, 0.25) is 0 Å². The summed E-state index contributed by atoms with van der Waals surface area (Å²) in [6.07, 6.45) is 5.41. The first kappa shape index (κ1) is 17.5. The van der Waals surface area contributed by atoms with Gasteiger partial charge in [0.05, 0.1) is 32.5 Å². The molecule has 3 rings (SSSR count). The second kappa shape index (κ2) is 7.69. The minimum absolute atomic E-state index is 0.134. The number of imidazole rings is 1. The molecule has 7 nitrogen and oxygen atoms in total. The number of benzene rings is 1. The molecule has 0 unspecified atom stereocenters. The molecule has 0 aliphatic rings. The zero-order chi connectivity index (χ0) is 18.5. The van der Waals surface area contributed by atoms with Crippen molar-refractivity contribution in [1.82, 2.24) is 14.5 Å². The van der Waals surface area contributed by atoms with E-state index in [1.54, 1.807) is 38.7 Å². The fourth-order valence-electron chi connectivity index (χ4n) is 2.60. The van der Waals surface area contributed by atoms with Gasteiger partial charge >= 0.3 is 0 Å². The predicted molar refractivity (Wildman–Crippen MR) is 98.0 cm³/mol. The van der Waals surface area contributed by atoms with Gasteiger partial charge in [0, 0.05) is 12.4 Å². The maximum atomic E-state index is 12.3. The number of nitrogens with one attached hydrogen (secondary N) is 1. The highest BCUT2D eigenvalue weighted by Crippen LogP contribution is 2.27. The second-order valence-corrected chi connectivity index (χ2v) is 5.66. The number of pyridine rings is 1. The number of carbonyl (C=O) groups is 1. The fraction of sp³-hybridized carbons (Fsp3) is 0.211. The van der Waals surface area contributed by atoms with Gasteiger partial charge < -0.3 is 14.8 Å². The van der Waals surface area contributed by atoms with E-state index in [4.69, 9.17) is 9.47 Å². The third-order valence-corrected chi connectivity index (χ3v) is 3.92. The van der Waals surface area contributed by atoms with Crippen LogP contribution >= 0.6 is 0 Å². The average molecular weight is 352 g/mol. The Morgan fingerprint density at radius 1 is 1.12 bits per heavy atom. The van der Waals surface area contributed by atoms with E-state index in [1.165, 1.54) is 0 Å². The number of methoxy groups -OCH3 is 2. The van der Waals surface area contributed by atoms with Gasteiger partial charge in [-0.2, -0.15) is 0 Å². The molecule has 0 fully saturated rings. The van der Waals surface area contributed by atoms with E-state index in [2.05, 4.69) is 15.3 Å². The van der Waals surface area contributed by atoms with E-state index in [0.29, 0.717) is 17.2 Å². The number of carbonyl (C=O) groups excluding carboxylic acids is 1. The molecule has 0 saturated heterocycles. The molecule has 0 radical (unpaired) electrons. The molecule has 2 heterocycles. The summed E-state index contributed by atoms with van der Waals surface area (Å²) >= 11 is 0. The van der Waals surface area contributed by atoms with Crippen LogP contribution in [0.25, 0.3) is 5.82 Å². The summed E-state index contributed by atoms with van der Waals surface area (Å²) in [5.41, 5.74) is 1.47. The number of aryl methyl sites for hydroxylation is 1. The molecule has 2 aromatic heterocycles. The fourth-order valence-corrected chi connectivity index (χ4v) is 2.60. The van der Waals surface area contributed by atoms with E-state index < -0.39 is 0 Å². The molecule has 0 atom stereocenters. The van der Waals surface area contributed by atoms with Crippen LogP contribution in [0.1, 0.15) is 11.4 Å². The summed E-state index contributed by atoms with van der Waals surface area (Å²) in [6.45, 7) is 1.90. The highest BCUT2D eigenvalue weighted by Gasteiger charge is 2.09. The minimum Gasteiger partial charge on any atom is -0.493 e. The molecule has 0 aliphatic heterocycles. The van der Waals surface area contributed by atoms with Crippen LogP contribution in [0.4, 0.5) is 5.69 Å².